The van der Waals surface area contributed by atoms with Crippen LogP contribution in [0.15, 0.2) is 16.9 Å². The van der Waals surface area contributed by atoms with E-state index in [0.29, 0.717) is 18.3 Å². The van der Waals surface area contributed by atoms with Gasteiger partial charge in [-0.3, -0.25) is 9.69 Å². The Morgan fingerprint density at radius 2 is 2.50 bits per heavy atom. The summed E-state index contributed by atoms with van der Waals surface area (Å²) in [7, 11) is 5.56. The van der Waals surface area contributed by atoms with Crippen molar-refractivity contribution in [1.29, 1.82) is 0 Å². The van der Waals surface area contributed by atoms with Gasteiger partial charge in [0.25, 0.3) is 5.91 Å². The van der Waals surface area contributed by atoms with Gasteiger partial charge in [-0.15, -0.1) is 0 Å². The monoisotopic (exact) mass is 253 g/mol. The van der Waals surface area contributed by atoms with Crippen LogP contribution in [0, 0.1) is 0 Å². The van der Waals surface area contributed by atoms with Crippen molar-refractivity contribution >= 4 is 5.91 Å². The van der Waals surface area contributed by atoms with Crippen LogP contribution in [-0.2, 0) is 4.74 Å². The molecule has 1 fully saturated rings. The van der Waals surface area contributed by atoms with Crippen LogP contribution in [0.3, 0.4) is 0 Å². The predicted molar refractivity (Wildman–Crippen MR) is 65.3 cm³/mol. The maximum atomic E-state index is 12.0. The molecule has 1 aromatic rings. The van der Waals surface area contributed by atoms with Gasteiger partial charge in [-0.2, -0.15) is 0 Å². The summed E-state index contributed by atoms with van der Waals surface area (Å²) in [6.07, 6.45) is 2.61. The van der Waals surface area contributed by atoms with E-state index in [0.717, 1.165) is 13.0 Å². The lowest BCUT2D eigenvalue weighted by atomic mass is 10.2. The van der Waals surface area contributed by atoms with Gasteiger partial charge in [0.15, 0.2) is 5.69 Å². The van der Waals surface area contributed by atoms with Gasteiger partial charge in [0.05, 0.1) is 6.10 Å². The number of likely N-dealkylation sites (N-methyl/N-ethyl adjacent to an activating group) is 2. The zero-order chi connectivity index (χ0) is 13.1. The van der Waals surface area contributed by atoms with Crippen molar-refractivity contribution in [2.75, 3.05) is 34.3 Å². The molecular formula is C12H19N3O3. The second-order valence-electron chi connectivity index (χ2n) is 4.76. The Morgan fingerprint density at radius 3 is 3.06 bits per heavy atom. The summed E-state index contributed by atoms with van der Waals surface area (Å²) in [5, 5.41) is 3.66. The van der Waals surface area contributed by atoms with Crippen LogP contribution >= 0.6 is 0 Å². The molecule has 0 aliphatic carbocycles. The first-order valence-corrected chi connectivity index (χ1v) is 6.00. The van der Waals surface area contributed by atoms with Crippen molar-refractivity contribution in [3.63, 3.8) is 0 Å². The SMILES string of the molecule is CO[C@H]1C[C@@H](CN(C)C(=O)c2ccon2)N(C)C1. The maximum Gasteiger partial charge on any atom is 0.275 e. The Morgan fingerprint density at radius 1 is 1.72 bits per heavy atom. The molecule has 1 aromatic heterocycles. The first-order chi connectivity index (χ1) is 8.61. The number of hydrogen-bond donors (Lipinski definition) is 0. The zero-order valence-electron chi connectivity index (χ0n) is 11.0. The molecule has 0 unspecified atom stereocenters. The van der Waals surface area contributed by atoms with Gasteiger partial charge >= 0.3 is 0 Å². The fourth-order valence-corrected chi connectivity index (χ4v) is 2.33. The lowest BCUT2D eigenvalue weighted by Crippen LogP contribution is -2.39. The smallest absolute Gasteiger partial charge is 0.275 e. The molecule has 2 atom stereocenters. The molecule has 2 heterocycles. The number of methoxy groups -OCH3 is 1. The van der Waals surface area contributed by atoms with Crippen LogP contribution in [0.25, 0.3) is 0 Å². The summed E-state index contributed by atoms with van der Waals surface area (Å²) in [6, 6.07) is 1.91. The number of ether oxygens (including phenoxy) is 1. The third-order valence-electron chi connectivity index (χ3n) is 3.47. The summed E-state index contributed by atoms with van der Waals surface area (Å²) in [4.78, 5) is 15.9. The fourth-order valence-electron chi connectivity index (χ4n) is 2.33. The standard InChI is InChI=1S/C12H19N3O3/c1-14-8-10(17-3)6-9(14)7-15(2)12(16)11-4-5-18-13-11/h4-5,9-10H,6-8H2,1-3H3/t9-,10-/m0/s1. The quantitative estimate of drug-likeness (QED) is 0.780. The molecule has 0 spiro atoms. The van der Waals surface area contributed by atoms with Gasteiger partial charge in [-0.05, 0) is 13.5 Å². The van der Waals surface area contributed by atoms with Crippen molar-refractivity contribution in [3.05, 3.63) is 18.0 Å². The molecule has 6 nitrogen and oxygen atoms in total. The lowest BCUT2D eigenvalue weighted by Gasteiger charge is -2.24. The second-order valence-corrected chi connectivity index (χ2v) is 4.76. The fraction of sp³-hybridized carbons (Fsp3) is 0.667. The van der Waals surface area contributed by atoms with Crippen molar-refractivity contribution in [2.24, 2.45) is 0 Å². The molecule has 1 aliphatic heterocycles. The topological polar surface area (TPSA) is 58.8 Å². The normalized spacial score (nSPS) is 24.4. The van der Waals surface area contributed by atoms with Crippen molar-refractivity contribution < 1.29 is 14.1 Å². The number of hydrogen-bond acceptors (Lipinski definition) is 5. The molecule has 1 amide bonds. The Balaban J connectivity index is 1.91. The highest BCUT2D eigenvalue weighted by Gasteiger charge is 2.31. The van der Waals surface area contributed by atoms with Gasteiger partial charge in [0.2, 0.25) is 0 Å². The molecule has 18 heavy (non-hydrogen) atoms. The van der Waals surface area contributed by atoms with E-state index in [4.69, 9.17) is 4.74 Å². The van der Waals surface area contributed by atoms with Gasteiger partial charge in [0, 0.05) is 39.4 Å². The lowest BCUT2D eigenvalue weighted by molar-refractivity contribution is 0.0750. The molecule has 0 saturated carbocycles. The minimum Gasteiger partial charge on any atom is -0.380 e. The van der Waals surface area contributed by atoms with Crippen LogP contribution in [0.2, 0.25) is 0 Å². The molecule has 2 rings (SSSR count). The molecule has 0 bridgehead atoms. The van der Waals surface area contributed by atoms with Gasteiger partial charge in [0.1, 0.15) is 6.26 Å². The molecule has 6 heteroatoms. The van der Waals surface area contributed by atoms with Crippen molar-refractivity contribution in [3.8, 4) is 0 Å². The van der Waals surface area contributed by atoms with E-state index in [9.17, 15) is 4.79 Å². The number of likely N-dealkylation sites (tertiary alicyclic amines) is 1. The summed E-state index contributed by atoms with van der Waals surface area (Å²) in [5.41, 5.74) is 0.349. The van der Waals surface area contributed by atoms with Crippen LogP contribution in [0.4, 0.5) is 0 Å². The average Bonchev–Trinajstić information content (AvgIpc) is 2.98. The third kappa shape index (κ3) is 2.70. The molecule has 100 valence electrons. The number of amides is 1. The summed E-state index contributed by atoms with van der Waals surface area (Å²) < 4.78 is 10.0. The Labute approximate surface area is 106 Å². The Hall–Kier alpha value is -1.40. The highest BCUT2D eigenvalue weighted by atomic mass is 16.5. The number of nitrogens with zero attached hydrogens (tertiary/aromatic N) is 3. The third-order valence-corrected chi connectivity index (χ3v) is 3.47. The summed E-state index contributed by atoms with van der Waals surface area (Å²) >= 11 is 0. The zero-order valence-corrected chi connectivity index (χ0v) is 11.0. The summed E-state index contributed by atoms with van der Waals surface area (Å²) in [5.74, 6) is -0.113. The van der Waals surface area contributed by atoms with Crippen LogP contribution in [-0.4, -0.2) is 67.3 Å². The molecular weight excluding hydrogens is 234 g/mol. The van der Waals surface area contributed by atoms with Crippen LogP contribution in [0.5, 0.6) is 0 Å². The highest BCUT2D eigenvalue weighted by Crippen LogP contribution is 2.19. The van der Waals surface area contributed by atoms with E-state index in [2.05, 4.69) is 21.6 Å². The largest absolute Gasteiger partial charge is 0.380 e. The second kappa shape index (κ2) is 5.49. The number of aromatic nitrogens is 1. The molecule has 1 aliphatic rings. The van der Waals surface area contributed by atoms with Crippen LogP contribution < -0.4 is 0 Å². The first-order valence-electron chi connectivity index (χ1n) is 6.00. The molecule has 0 aromatic carbocycles. The minimum absolute atomic E-state index is 0.113. The van der Waals surface area contributed by atoms with E-state index >= 15 is 0 Å². The van der Waals surface area contributed by atoms with Gasteiger partial charge < -0.3 is 14.2 Å². The number of rotatable bonds is 4. The summed E-state index contributed by atoms with van der Waals surface area (Å²) in [6.45, 7) is 1.58. The Kier molecular flexibility index (Phi) is 3.98. The van der Waals surface area contributed by atoms with E-state index in [1.807, 2.05) is 0 Å². The average molecular weight is 253 g/mol. The van der Waals surface area contributed by atoms with E-state index < -0.39 is 0 Å². The van der Waals surface area contributed by atoms with Crippen LogP contribution in [0.1, 0.15) is 16.9 Å². The van der Waals surface area contributed by atoms with E-state index in [1.54, 1.807) is 25.1 Å². The predicted octanol–water partition coefficient (Wildman–Crippen LogP) is 0.466. The molecule has 0 radical (unpaired) electrons. The van der Waals surface area contributed by atoms with Crippen molar-refractivity contribution in [2.45, 2.75) is 18.6 Å². The minimum atomic E-state index is -0.113. The van der Waals surface area contributed by atoms with Gasteiger partial charge in [-0.25, -0.2) is 0 Å². The molecule has 1 saturated heterocycles. The number of carbonyl (C=O) groups excluding carboxylic acids is 1. The van der Waals surface area contributed by atoms with E-state index in [-0.39, 0.29) is 12.0 Å². The maximum absolute atomic E-state index is 12.0. The highest BCUT2D eigenvalue weighted by molar-refractivity contribution is 5.91. The van der Waals surface area contributed by atoms with Crippen molar-refractivity contribution in [1.82, 2.24) is 15.0 Å². The first kappa shape index (κ1) is 13.0. The molecule has 0 N–H and O–H groups in total. The Bertz CT molecular complexity index is 393. The number of carbonyl (C=O) groups is 1. The van der Waals surface area contributed by atoms with Gasteiger partial charge in [-0.1, -0.05) is 5.16 Å². The van der Waals surface area contributed by atoms with E-state index in [1.165, 1.54) is 6.26 Å².